The van der Waals surface area contributed by atoms with Crippen LogP contribution in [0.15, 0.2) is 0 Å². The highest BCUT2D eigenvalue weighted by atomic mass is 16.5. The molecule has 0 spiro atoms. The quantitative estimate of drug-likeness (QED) is 0.153. The Balaban J connectivity index is -0.000000598. The molecule has 0 fully saturated rings. The van der Waals surface area contributed by atoms with E-state index in [2.05, 4.69) is 6.92 Å². The number of hydrogen-bond donors (Lipinski definition) is 0. The van der Waals surface area contributed by atoms with Crippen molar-refractivity contribution in [3.8, 4) is 0 Å². The van der Waals surface area contributed by atoms with E-state index in [1.807, 2.05) is 48.6 Å². The lowest BCUT2D eigenvalue weighted by molar-refractivity contribution is -0.134. The van der Waals surface area contributed by atoms with Crippen molar-refractivity contribution >= 4 is 23.5 Å². The number of amides is 3. The maximum Gasteiger partial charge on any atom is 0.224 e. The summed E-state index contributed by atoms with van der Waals surface area (Å²) in [5.74, 6) is 0.738. The van der Waals surface area contributed by atoms with Crippen LogP contribution in [0.1, 0.15) is 68.2 Å². The van der Waals surface area contributed by atoms with Crippen molar-refractivity contribution in [3.05, 3.63) is 0 Å². The molecule has 0 atom stereocenters. The molecule has 12 nitrogen and oxygen atoms in total. The molecule has 268 valence electrons. The normalized spacial score (nSPS) is 10.6. The molecule has 0 saturated carbocycles. The zero-order chi connectivity index (χ0) is 35.2. The van der Waals surface area contributed by atoms with Gasteiger partial charge in [-0.2, -0.15) is 0 Å². The topological polar surface area (TPSA) is 124 Å². The molecule has 0 rings (SSSR count). The van der Waals surface area contributed by atoms with Gasteiger partial charge in [0.15, 0.2) is 0 Å². The van der Waals surface area contributed by atoms with Gasteiger partial charge < -0.3 is 38.4 Å². The maximum absolute atomic E-state index is 11.5. The van der Waals surface area contributed by atoms with Crippen molar-refractivity contribution in [2.24, 2.45) is 17.8 Å². The highest BCUT2D eigenvalue weighted by Crippen LogP contribution is 2.00. The fraction of sp³-hybridized carbons (Fsp3) is 0.879. The Labute approximate surface area is 274 Å². The summed E-state index contributed by atoms with van der Waals surface area (Å²) in [7, 11) is 7.02. The molecule has 0 saturated heterocycles. The summed E-state index contributed by atoms with van der Waals surface area (Å²) in [6.45, 7) is 22.0. The van der Waals surface area contributed by atoms with E-state index in [0.29, 0.717) is 78.9 Å². The molecule has 0 aliphatic rings. The van der Waals surface area contributed by atoms with E-state index in [1.165, 1.54) is 0 Å². The lowest BCUT2D eigenvalue weighted by atomic mass is 10.2. The molecule has 0 heterocycles. The Morgan fingerprint density at radius 1 is 0.511 bits per heavy atom. The average molecular weight is 650 g/mol. The number of Topliss-reactive ketones (excluding diaryl/α,β-unsaturated/α-hetero) is 1. The highest BCUT2D eigenvalue weighted by molar-refractivity contribution is 5.78. The zero-order valence-corrected chi connectivity index (χ0v) is 30.6. The second-order valence-electron chi connectivity index (χ2n) is 11.6. The Morgan fingerprint density at radius 3 is 1.11 bits per heavy atom. The molecule has 45 heavy (non-hydrogen) atoms. The Kier molecular flexibility index (Phi) is 33.5. The van der Waals surface area contributed by atoms with Crippen molar-refractivity contribution in [1.82, 2.24) is 14.7 Å². The predicted octanol–water partition coefficient (Wildman–Crippen LogP) is 3.40. The van der Waals surface area contributed by atoms with Gasteiger partial charge >= 0.3 is 0 Å². The van der Waals surface area contributed by atoms with Crippen LogP contribution in [0.4, 0.5) is 0 Å². The first-order valence-electron chi connectivity index (χ1n) is 16.2. The fourth-order valence-electron chi connectivity index (χ4n) is 3.29. The van der Waals surface area contributed by atoms with Crippen LogP contribution in [0.3, 0.4) is 0 Å². The predicted molar refractivity (Wildman–Crippen MR) is 178 cm³/mol. The van der Waals surface area contributed by atoms with Gasteiger partial charge in [-0.1, -0.05) is 48.5 Å². The molecule has 0 unspecified atom stereocenters. The lowest BCUT2D eigenvalue weighted by Gasteiger charge is -2.19. The first-order valence-corrected chi connectivity index (χ1v) is 16.2. The van der Waals surface area contributed by atoms with Gasteiger partial charge in [0, 0.05) is 78.7 Å². The average Bonchev–Trinajstić information content (AvgIpc) is 2.99. The molecular weight excluding hydrogens is 582 g/mol. The van der Waals surface area contributed by atoms with Gasteiger partial charge in [-0.15, -0.1) is 0 Å². The summed E-state index contributed by atoms with van der Waals surface area (Å²) in [4.78, 5) is 50.0. The van der Waals surface area contributed by atoms with E-state index in [4.69, 9.17) is 23.7 Å². The minimum atomic E-state index is 0.0184. The van der Waals surface area contributed by atoms with E-state index in [-0.39, 0.29) is 41.3 Å². The van der Waals surface area contributed by atoms with Gasteiger partial charge in [0.25, 0.3) is 0 Å². The number of hydrogen-bond acceptors (Lipinski definition) is 9. The molecule has 0 radical (unpaired) electrons. The van der Waals surface area contributed by atoms with Crippen LogP contribution in [0.5, 0.6) is 0 Å². The van der Waals surface area contributed by atoms with Gasteiger partial charge in [0.2, 0.25) is 17.7 Å². The third-order valence-electron chi connectivity index (χ3n) is 6.07. The lowest BCUT2D eigenvalue weighted by Crippen LogP contribution is -2.33. The number of methoxy groups -OCH3 is 1. The molecule has 3 amide bonds. The Bertz CT molecular complexity index is 749. The van der Waals surface area contributed by atoms with Crippen LogP contribution < -0.4 is 0 Å². The minimum absolute atomic E-state index is 0.0184. The molecule has 0 aliphatic heterocycles. The summed E-state index contributed by atoms with van der Waals surface area (Å²) in [5.41, 5.74) is 0. The largest absolute Gasteiger partial charge is 0.382 e. The number of rotatable bonds is 23. The number of carbonyl (C=O) groups excluding carboxylic acids is 4. The first-order chi connectivity index (χ1) is 21.1. The van der Waals surface area contributed by atoms with Crippen molar-refractivity contribution < 1.29 is 42.9 Å². The van der Waals surface area contributed by atoms with Gasteiger partial charge in [-0.05, 0) is 13.3 Å². The zero-order valence-electron chi connectivity index (χ0n) is 30.6. The van der Waals surface area contributed by atoms with Crippen molar-refractivity contribution in [1.29, 1.82) is 0 Å². The van der Waals surface area contributed by atoms with E-state index < -0.39 is 0 Å². The molecule has 12 heteroatoms. The van der Waals surface area contributed by atoms with Crippen LogP contribution in [0.2, 0.25) is 0 Å². The Hall–Kier alpha value is -2.12. The summed E-state index contributed by atoms with van der Waals surface area (Å²) in [5, 5.41) is 0. The molecular formula is C33H67N3O9. The van der Waals surface area contributed by atoms with E-state index in [0.717, 1.165) is 13.0 Å². The van der Waals surface area contributed by atoms with Gasteiger partial charge in [-0.3, -0.25) is 19.2 Å². The van der Waals surface area contributed by atoms with Crippen LogP contribution in [0.25, 0.3) is 0 Å². The number of nitrogens with zero attached hydrogens (tertiary/aromatic N) is 3. The van der Waals surface area contributed by atoms with Crippen LogP contribution in [-0.2, 0) is 42.9 Å². The van der Waals surface area contributed by atoms with Gasteiger partial charge in [0.05, 0.1) is 52.9 Å². The highest BCUT2D eigenvalue weighted by Gasteiger charge is 2.13. The van der Waals surface area contributed by atoms with Crippen LogP contribution in [-0.4, -0.2) is 146 Å². The summed E-state index contributed by atoms with van der Waals surface area (Å²) in [6.07, 6.45) is 1.48. The first kappa shape index (κ1) is 47.3. The third kappa shape index (κ3) is 31.6. The summed E-state index contributed by atoms with van der Waals surface area (Å²) in [6, 6.07) is 0. The van der Waals surface area contributed by atoms with Crippen LogP contribution in [0, 0.1) is 17.8 Å². The summed E-state index contributed by atoms with van der Waals surface area (Å²) < 4.78 is 25.9. The maximum atomic E-state index is 11.5. The molecule has 0 aromatic carbocycles. The molecule has 0 aromatic rings. The second kappa shape index (κ2) is 31.8. The number of ketones is 1. The van der Waals surface area contributed by atoms with Crippen molar-refractivity contribution in [2.45, 2.75) is 68.2 Å². The van der Waals surface area contributed by atoms with E-state index >= 15 is 0 Å². The summed E-state index contributed by atoms with van der Waals surface area (Å²) >= 11 is 0. The number of carbonyl (C=O) groups is 4. The van der Waals surface area contributed by atoms with Gasteiger partial charge in [0.1, 0.15) is 5.78 Å². The Morgan fingerprint density at radius 2 is 0.822 bits per heavy atom. The van der Waals surface area contributed by atoms with E-state index in [1.54, 1.807) is 42.8 Å². The van der Waals surface area contributed by atoms with E-state index in [9.17, 15) is 19.2 Å². The second-order valence-corrected chi connectivity index (χ2v) is 11.6. The van der Waals surface area contributed by atoms with Crippen LogP contribution >= 0.6 is 0 Å². The van der Waals surface area contributed by atoms with Gasteiger partial charge in [-0.25, -0.2) is 0 Å². The number of likely N-dealkylation sites (N-methyl/N-ethyl adjacent to an activating group) is 3. The van der Waals surface area contributed by atoms with Crippen molar-refractivity contribution in [3.63, 3.8) is 0 Å². The minimum Gasteiger partial charge on any atom is -0.382 e. The molecule has 0 aliphatic carbocycles. The SMILES string of the molecule is CC(=O)CCOCCOCCN(C)C(=O)C(C)C.CCCOCCN(C)C(=O)C(C)C.COCCOCCN(C)C(=O)C(C)C. The fourth-order valence-corrected chi connectivity index (χ4v) is 3.29. The molecule has 0 N–H and O–H groups in total. The smallest absolute Gasteiger partial charge is 0.224 e. The number of ether oxygens (including phenoxy) is 5. The monoisotopic (exact) mass is 649 g/mol. The standard InChI is InChI=1S/C13H25NO4.C10H21NO3.C10H21NO2/c1-11(2)13(16)14(4)6-8-18-10-9-17-7-5-12(3)15;1-9(2)10(12)11(3)5-6-14-8-7-13-4;1-5-7-13-8-6-11(4)10(12)9(2)3/h11H,5-10H2,1-4H3;9H,5-8H2,1-4H3;9H,5-8H2,1-4H3. The van der Waals surface area contributed by atoms with Crippen molar-refractivity contribution in [2.75, 3.05) is 107 Å². The molecule has 0 aromatic heterocycles. The third-order valence-corrected chi connectivity index (χ3v) is 6.07. The molecule has 0 bridgehead atoms.